The molecule has 0 spiro atoms. The van der Waals surface area contributed by atoms with E-state index in [9.17, 15) is 8.42 Å². The molecule has 0 saturated heterocycles. The summed E-state index contributed by atoms with van der Waals surface area (Å²) in [5.74, 6) is -0.205. The molecule has 0 amide bonds. The van der Waals surface area contributed by atoms with Crippen LogP contribution < -0.4 is 0 Å². The average molecular weight is 191 g/mol. The van der Waals surface area contributed by atoms with E-state index in [-0.39, 0.29) is 5.75 Å². The first-order chi connectivity index (χ1) is 3.71. The van der Waals surface area contributed by atoms with Crippen molar-refractivity contribution in [3.8, 4) is 0 Å². The first-order valence-electron chi connectivity index (χ1n) is 2.32. The van der Waals surface area contributed by atoms with Gasteiger partial charge in [0, 0.05) is 10.7 Å². The van der Waals surface area contributed by atoms with Crippen LogP contribution in [-0.2, 0) is 9.05 Å². The van der Waals surface area contributed by atoms with Crippen LogP contribution in [0.2, 0.25) is 0 Å². The summed E-state index contributed by atoms with van der Waals surface area (Å²) in [6, 6.07) is 0. The van der Waals surface area contributed by atoms with E-state index < -0.39 is 13.9 Å². The van der Waals surface area contributed by atoms with E-state index in [4.69, 9.17) is 22.3 Å². The van der Waals surface area contributed by atoms with Crippen LogP contribution >= 0.6 is 22.3 Å². The van der Waals surface area contributed by atoms with Crippen molar-refractivity contribution in [2.45, 2.75) is 18.7 Å². The molecule has 5 heteroatoms. The van der Waals surface area contributed by atoms with Crippen molar-refractivity contribution >= 4 is 31.3 Å². The van der Waals surface area contributed by atoms with Crippen molar-refractivity contribution in [1.29, 1.82) is 0 Å². The fourth-order valence-corrected chi connectivity index (χ4v) is 2.65. The summed E-state index contributed by atoms with van der Waals surface area (Å²) in [4.78, 5) is -0.763. The van der Waals surface area contributed by atoms with Crippen LogP contribution in [0.25, 0.3) is 0 Å². The quantitative estimate of drug-likeness (QED) is 0.490. The van der Waals surface area contributed by atoms with Crippen LogP contribution in [0, 0.1) is 0 Å². The Morgan fingerprint density at radius 1 is 1.44 bits per heavy atom. The molecular formula is C4H8Cl2O2S. The van der Waals surface area contributed by atoms with Gasteiger partial charge >= 0.3 is 0 Å². The Bertz CT molecular complexity index is 177. The van der Waals surface area contributed by atoms with E-state index in [1.165, 1.54) is 0 Å². The SMILES string of the molecule is CC(C)(Cl)CS(=O)(=O)Cl. The maximum Gasteiger partial charge on any atom is 0.234 e. The highest BCUT2D eigenvalue weighted by atomic mass is 35.7. The van der Waals surface area contributed by atoms with Gasteiger partial charge in [-0.05, 0) is 13.8 Å². The summed E-state index contributed by atoms with van der Waals surface area (Å²) in [5, 5.41) is 0. The molecule has 0 aliphatic rings. The van der Waals surface area contributed by atoms with Gasteiger partial charge in [0.15, 0.2) is 0 Å². The molecule has 0 rings (SSSR count). The lowest BCUT2D eigenvalue weighted by molar-refractivity contribution is 0.601. The van der Waals surface area contributed by atoms with E-state index in [0.29, 0.717) is 0 Å². The minimum absolute atomic E-state index is 0.205. The molecule has 0 saturated carbocycles. The fraction of sp³-hybridized carbons (Fsp3) is 1.00. The van der Waals surface area contributed by atoms with E-state index in [1.807, 2.05) is 0 Å². The average Bonchev–Trinajstić information content (AvgIpc) is 1.14. The highest BCUT2D eigenvalue weighted by Gasteiger charge is 2.21. The summed E-state index contributed by atoms with van der Waals surface area (Å²) in [7, 11) is 1.46. The van der Waals surface area contributed by atoms with Crippen LogP contribution in [0.5, 0.6) is 0 Å². The topological polar surface area (TPSA) is 34.1 Å². The molecule has 2 nitrogen and oxygen atoms in total. The standard InChI is InChI=1S/C4H8Cl2O2S/c1-4(2,5)3-9(6,7)8/h3H2,1-2H3. The monoisotopic (exact) mass is 190 g/mol. The Balaban J connectivity index is 4.07. The smallest absolute Gasteiger partial charge is 0.212 e. The minimum Gasteiger partial charge on any atom is -0.212 e. The minimum atomic E-state index is -3.44. The van der Waals surface area contributed by atoms with Gasteiger partial charge in [-0.1, -0.05) is 0 Å². The van der Waals surface area contributed by atoms with Crippen molar-refractivity contribution in [3.05, 3.63) is 0 Å². The molecule has 0 aromatic heterocycles. The number of rotatable bonds is 2. The Hall–Kier alpha value is 0.530. The van der Waals surface area contributed by atoms with Crippen molar-refractivity contribution in [2.24, 2.45) is 0 Å². The van der Waals surface area contributed by atoms with Crippen molar-refractivity contribution in [1.82, 2.24) is 0 Å². The number of alkyl halides is 1. The number of hydrogen-bond acceptors (Lipinski definition) is 2. The lowest BCUT2D eigenvalue weighted by atomic mass is 10.3. The molecule has 0 radical (unpaired) electrons. The molecule has 0 aromatic rings. The summed E-state index contributed by atoms with van der Waals surface area (Å²) in [6.45, 7) is 3.18. The van der Waals surface area contributed by atoms with Gasteiger partial charge in [-0.25, -0.2) is 8.42 Å². The summed E-state index contributed by atoms with van der Waals surface area (Å²) < 4.78 is 20.7. The predicted octanol–water partition coefficient (Wildman–Crippen LogP) is 1.57. The van der Waals surface area contributed by atoms with Crippen molar-refractivity contribution in [2.75, 3.05) is 5.75 Å². The zero-order valence-corrected chi connectivity index (χ0v) is 7.52. The summed E-state index contributed by atoms with van der Waals surface area (Å²) in [5.41, 5.74) is 0. The van der Waals surface area contributed by atoms with Gasteiger partial charge in [-0.15, -0.1) is 11.6 Å². The first kappa shape index (κ1) is 9.53. The van der Waals surface area contributed by atoms with Crippen LogP contribution in [0.1, 0.15) is 13.8 Å². The van der Waals surface area contributed by atoms with Gasteiger partial charge < -0.3 is 0 Å². The van der Waals surface area contributed by atoms with Crippen molar-refractivity contribution < 1.29 is 8.42 Å². The Morgan fingerprint density at radius 3 is 1.78 bits per heavy atom. The fourth-order valence-electron chi connectivity index (χ4n) is 0.410. The van der Waals surface area contributed by atoms with Gasteiger partial charge in [0.05, 0.1) is 10.6 Å². The third-order valence-electron chi connectivity index (χ3n) is 0.516. The van der Waals surface area contributed by atoms with E-state index in [2.05, 4.69) is 0 Å². The maximum absolute atomic E-state index is 10.3. The molecule has 0 aliphatic carbocycles. The largest absolute Gasteiger partial charge is 0.234 e. The first-order valence-corrected chi connectivity index (χ1v) is 5.18. The lowest BCUT2D eigenvalue weighted by Crippen LogP contribution is -2.20. The van der Waals surface area contributed by atoms with Crippen LogP contribution in [0.4, 0.5) is 0 Å². The molecule has 0 aromatic carbocycles. The third-order valence-corrected chi connectivity index (χ3v) is 2.20. The Kier molecular flexibility index (Phi) is 2.80. The third kappa shape index (κ3) is 8.53. The Morgan fingerprint density at radius 2 is 1.78 bits per heavy atom. The number of halogens is 2. The zero-order chi connectivity index (χ0) is 7.71. The highest BCUT2D eigenvalue weighted by Crippen LogP contribution is 2.16. The van der Waals surface area contributed by atoms with Gasteiger partial charge in [0.1, 0.15) is 0 Å². The lowest BCUT2D eigenvalue weighted by Gasteiger charge is -2.11. The molecule has 0 fully saturated rings. The Labute approximate surface area is 64.6 Å². The summed E-state index contributed by atoms with van der Waals surface area (Å²) in [6.07, 6.45) is 0. The normalized spacial score (nSPS) is 13.8. The van der Waals surface area contributed by atoms with E-state index in [1.54, 1.807) is 13.8 Å². The van der Waals surface area contributed by atoms with E-state index >= 15 is 0 Å². The zero-order valence-electron chi connectivity index (χ0n) is 5.19. The maximum atomic E-state index is 10.3. The van der Waals surface area contributed by atoms with Gasteiger partial charge in [-0.3, -0.25) is 0 Å². The molecular weight excluding hydrogens is 183 g/mol. The second-order valence-corrected chi connectivity index (χ2v) is 6.20. The second kappa shape index (κ2) is 2.64. The van der Waals surface area contributed by atoms with Crippen molar-refractivity contribution in [3.63, 3.8) is 0 Å². The van der Waals surface area contributed by atoms with Crippen LogP contribution in [0.15, 0.2) is 0 Å². The van der Waals surface area contributed by atoms with Gasteiger partial charge in [-0.2, -0.15) is 0 Å². The number of hydrogen-bond donors (Lipinski definition) is 0. The highest BCUT2D eigenvalue weighted by molar-refractivity contribution is 8.13. The van der Waals surface area contributed by atoms with Crippen LogP contribution in [-0.4, -0.2) is 19.0 Å². The molecule has 0 bridgehead atoms. The van der Waals surface area contributed by atoms with Gasteiger partial charge in [0.25, 0.3) is 0 Å². The second-order valence-electron chi connectivity index (χ2n) is 2.40. The molecule has 0 N–H and O–H groups in total. The predicted molar refractivity (Wildman–Crippen MR) is 39.6 cm³/mol. The van der Waals surface area contributed by atoms with Gasteiger partial charge in [0.2, 0.25) is 9.05 Å². The molecule has 0 aliphatic heterocycles. The molecule has 0 heterocycles. The molecule has 56 valence electrons. The molecule has 9 heavy (non-hydrogen) atoms. The summed E-state index contributed by atoms with van der Waals surface area (Å²) >= 11 is 5.55. The van der Waals surface area contributed by atoms with Crippen LogP contribution in [0.3, 0.4) is 0 Å². The molecule has 0 atom stereocenters. The van der Waals surface area contributed by atoms with E-state index in [0.717, 1.165) is 0 Å². The molecule has 0 unspecified atom stereocenters.